The molecule has 2 aliphatic heterocycles. The van der Waals surface area contributed by atoms with E-state index in [1.807, 2.05) is 0 Å². The number of likely N-dealkylation sites (tertiary alicyclic amines) is 1. The molecule has 0 aromatic rings. The Morgan fingerprint density at radius 3 is 2.86 bits per heavy atom. The van der Waals surface area contributed by atoms with Gasteiger partial charge in [-0.2, -0.15) is 0 Å². The van der Waals surface area contributed by atoms with E-state index < -0.39 is 0 Å². The van der Waals surface area contributed by atoms with Crippen LogP contribution in [0.5, 0.6) is 0 Å². The number of nitrogens with zero attached hydrogens (tertiary/aromatic N) is 2. The van der Waals surface area contributed by atoms with E-state index in [-0.39, 0.29) is 6.10 Å². The van der Waals surface area contributed by atoms with Gasteiger partial charge in [-0.25, -0.2) is 0 Å². The van der Waals surface area contributed by atoms with Gasteiger partial charge in [0.2, 0.25) is 0 Å². The summed E-state index contributed by atoms with van der Waals surface area (Å²) in [6.45, 7) is 3.86. The second-order valence-corrected chi connectivity index (χ2v) is 4.06. The van der Waals surface area contributed by atoms with Crippen molar-refractivity contribution in [2.45, 2.75) is 31.8 Å². The minimum Gasteiger partial charge on any atom is -0.393 e. The van der Waals surface area contributed by atoms with Crippen molar-refractivity contribution in [3.63, 3.8) is 0 Å². The molecular weight excluding hydrogens is 178 g/mol. The van der Waals surface area contributed by atoms with Crippen LogP contribution in [0.25, 0.3) is 0 Å². The summed E-state index contributed by atoms with van der Waals surface area (Å²) in [4.78, 5) is 6.78. The highest BCUT2D eigenvalue weighted by atomic mass is 16.3. The summed E-state index contributed by atoms with van der Waals surface area (Å²) in [5.74, 6) is 1.05. The highest BCUT2D eigenvalue weighted by molar-refractivity contribution is 5.80. The Bertz CT molecular complexity index is 209. The Kier molecular flexibility index (Phi) is 3.24. The van der Waals surface area contributed by atoms with Crippen LogP contribution in [0.4, 0.5) is 0 Å². The maximum atomic E-state index is 9.39. The average molecular weight is 197 g/mol. The molecule has 2 N–H and O–H groups in total. The van der Waals surface area contributed by atoms with Crippen LogP contribution in [-0.2, 0) is 0 Å². The molecule has 4 heteroatoms. The molecule has 0 aromatic heterocycles. The van der Waals surface area contributed by atoms with E-state index in [9.17, 15) is 5.11 Å². The Morgan fingerprint density at radius 2 is 2.07 bits per heavy atom. The Morgan fingerprint density at radius 1 is 1.29 bits per heavy atom. The van der Waals surface area contributed by atoms with Crippen molar-refractivity contribution < 1.29 is 5.11 Å². The molecule has 0 bridgehead atoms. The topological polar surface area (TPSA) is 47.9 Å². The van der Waals surface area contributed by atoms with Gasteiger partial charge in [0.1, 0.15) is 0 Å². The molecule has 0 saturated carbocycles. The summed E-state index contributed by atoms with van der Waals surface area (Å²) in [6.07, 6.45) is 4.05. The monoisotopic (exact) mass is 197 g/mol. The zero-order valence-corrected chi connectivity index (χ0v) is 8.58. The molecule has 2 rings (SSSR count). The first-order valence-corrected chi connectivity index (χ1v) is 5.57. The third-order valence-corrected chi connectivity index (χ3v) is 2.89. The van der Waals surface area contributed by atoms with Gasteiger partial charge in [-0.15, -0.1) is 0 Å². The molecule has 2 heterocycles. The van der Waals surface area contributed by atoms with Crippen LogP contribution >= 0.6 is 0 Å². The van der Waals surface area contributed by atoms with Crippen molar-refractivity contribution in [1.82, 2.24) is 10.2 Å². The number of hydrogen-bond acceptors (Lipinski definition) is 4. The lowest BCUT2D eigenvalue weighted by Crippen LogP contribution is -2.46. The molecule has 1 fully saturated rings. The maximum absolute atomic E-state index is 9.39. The third-order valence-electron chi connectivity index (χ3n) is 2.89. The summed E-state index contributed by atoms with van der Waals surface area (Å²) < 4.78 is 0. The molecule has 0 unspecified atom stereocenters. The van der Waals surface area contributed by atoms with Gasteiger partial charge in [-0.1, -0.05) is 0 Å². The fourth-order valence-electron chi connectivity index (χ4n) is 1.97. The third kappa shape index (κ3) is 2.38. The lowest BCUT2D eigenvalue weighted by molar-refractivity contribution is 0.108. The van der Waals surface area contributed by atoms with Crippen molar-refractivity contribution >= 4 is 5.96 Å². The molecule has 0 aromatic carbocycles. The number of aliphatic imine (C=N–C) groups is 1. The molecule has 0 aliphatic carbocycles. The zero-order chi connectivity index (χ0) is 9.80. The van der Waals surface area contributed by atoms with Crippen LogP contribution < -0.4 is 5.32 Å². The first kappa shape index (κ1) is 9.77. The van der Waals surface area contributed by atoms with E-state index in [0.717, 1.165) is 45.0 Å². The van der Waals surface area contributed by atoms with E-state index in [2.05, 4.69) is 15.2 Å². The number of guanidine groups is 1. The SMILES string of the molecule is OC1CCN(C2=NCCCCN2)CC1. The van der Waals surface area contributed by atoms with Crippen LogP contribution in [0, 0.1) is 0 Å². The predicted octanol–water partition coefficient (Wildman–Crippen LogP) is 0.183. The molecule has 0 radical (unpaired) electrons. The predicted molar refractivity (Wildman–Crippen MR) is 56.4 cm³/mol. The molecule has 0 amide bonds. The number of piperidine rings is 1. The van der Waals surface area contributed by atoms with Gasteiger partial charge in [-0.3, -0.25) is 4.99 Å². The van der Waals surface area contributed by atoms with Crippen LogP contribution in [-0.4, -0.2) is 48.2 Å². The van der Waals surface area contributed by atoms with Gasteiger partial charge < -0.3 is 15.3 Å². The lowest BCUT2D eigenvalue weighted by Gasteiger charge is -2.32. The summed E-state index contributed by atoms with van der Waals surface area (Å²) in [6, 6.07) is 0. The molecule has 2 aliphatic rings. The molecule has 0 atom stereocenters. The second kappa shape index (κ2) is 4.64. The van der Waals surface area contributed by atoms with Gasteiger partial charge in [0, 0.05) is 26.2 Å². The van der Waals surface area contributed by atoms with Gasteiger partial charge in [0.25, 0.3) is 0 Å². The highest BCUT2D eigenvalue weighted by Crippen LogP contribution is 2.10. The van der Waals surface area contributed by atoms with Crippen molar-refractivity contribution in [1.29, 1.82) is 0 Å². The van der Waals surface area contributed by atoms with Gasteiger partial charge in [0.15, 0.2) is 5.96 Å². The Hall–Kier alpha value is -0.770. The molecule has 4 nitrogen and oxygen atoms in total. The Balaban J connectivity index is 1.90. The van der Waals surface area contributed by atoms with Crippen molar-refractivity contribution in [2.24, 2.45) is 4.99 Å². The standard InChI is InChI=1S/C10H19N3O/c14-9-3-7-13(8-4-9)10-11-5-1-2-6-12-10/h9,14H,1-8H2,(H,11,12). The summed E-state index contributed by atoms with van der Waals surface area (Å²) >= 11 is 0. The summed E-state index contributed by atoms with van der Waals surface area (Å²) in [7, 11) is 0. The van der Waals surface area contributed by atoms with E-state index in [1.165, 1.54) is 12.8 Å². The van der Waals surface area contributed by atoms with E-state index in [0.29, 0.717) is 0 Å². The summed E-state index contributed by atoms with van der Waals surface area (Å²) in [5, 5.41) is 12.8. The fourth-order valence-corrected chi connectivity index (χ4v) is 1.97. The van der Waals surface area contributed by atoms with Crippen LogP contribution in [0.2, 0.25) is 0 Å². The number of rotatable bonds is 0. The van der Waals surface area contributed by atoms with Crippen molar-refractivity contribution in [2.75, 3.05) is 26.2 Å². The first-order valence-electron chi connectivity index (χ1n) is 5.57. The van der Waals surface area contributed by atoms with E-state index >= 15 is 0 Å². The van der Waals surface area contributed by atoms with Crippen LogP contribution in [0.1, 0.15) is 25.7 Å². The minimum atomic E-state index is -0.0994. The minimum absolute atomic E-state index is 0.0994. The van der Waals surface area contributed by atoms with E-state index in [4.69, 9.17) is 0 Å². The zero-order valence-electron chi connectivity index (χ0n) is 8.58. The quantitative estimate of drug-likeness (QED) is 0.582. The van der Waals surface area contributed by atoms with Crippen LogP contribution in [0.3, 0.4) is 0 Å². The highest BCUT2D eigenvalue weighted by Gasteiger charge is 2.20. The molecular formula is C10H19N3O. The summed E-state index contributed by atoms with van der Waals surface area (Å²) in [5.41, 5.74) is 0. The average Bonchev–Trinajstić information content (AvgIpc) is 2.47. The first-order chi connectivity index (χ1) is 6.86. The smallest absolute Gasteiger partial charge is 0.193 e. The fraction of sp³-hybridized carbons (Fsp3) is 0.900. The lowest BCUT2D eigenvalue weighted by atomic mass is 10.1. The van der Waals surface area contributed by atoms with Crippen molar-refractivity contribution in [3.05, 3.63) is 0 Å². The second-order valence-electron chi connectivity index (χ2n) is 4.06. The van der Waals surface area contributed by atoms with Gasteiger partial charge >= 0.3 is 0 Å². The number of aliphatic hydroxyl groups is 1. The largest absolute Gasteiger partial charge is 0.393 e. The van der Waals surface area contributed by atoms with E-state index in [1.54, 1.807) is 0 Å². The number of aliphatic hydroxyl groups excluding tert-OH is 1. The van der Waals surface area contributed by atoms with Crippen LogP contribution in [0.15, 0.2) is 4.99 Å². The number of nitrogens with one attached hydrogen (secondary N) is 1. The van der Waals surface area contributed by atoms with Gasteiger partial charge in [0.05, 0.1) is 6.10 Å². The molecule has 1 saturated heterocycles. The van der Waals surface area contributed by atoms with Gasteiger partial charge in [-0.05, 0) is 25.7 Å². The maximum Gasteiger partial charge on any atom is 0.193 e. The molecule has 0 spiro atoms. The number of hydrogen-bond donors (Lipinski definition) is 2. The molecule has 14 heavy (non-hydrogen) atoms. The Labute approximate surface area is 85.0 Å². The van der Waals surface area contributed by atoms with Crippen molar-refractivity contribution in [3.8, 4) is 0 Å². The normalized spacial score (nSPS) is 25.2. The molecule has 80 valence electrons.